The number of benzene rings is 1. The van der Waals surface area contributed by atoms with Crippen LogP contribution in [-0.2, 0) is 6.42 Å². The highest BCUT2D eigenvalue weighted by molar-refractivity contribution is 5.93. The van der Waals surface area contributed by atoms with Crippen molar-refractivity contribution in [3.05, 3.63) is 35.4 Å². The maximum atomic E-state index is 10.9. The van der Waals surface area contributed by atoms with Gasteiger partial charge < -0.3 is 5.11 Å². The maximum Gasteiger partial charge on any atom is 0.159 e. The molecule has 1 aromatic carbocycles. The highest BCUT2D eigenvalue weighted by Gasteiger charge is 2.01. The summed E-state index contributed by atoms with van der Waals surface area (Å²) < 4.78 is 0. The predicted molar refractivity (Wildman–Crippen MR) is 51.8 cm³/mol. The van der Waals surface area contributed by atoms with Gasteiger partial charge in [0, 0.05) is 5.56 Å². The first kappa shape index (κ1) is 9.93. The minimum absolute atomic E-state index is 0.0728. The lowest BCUT2D eigenvalue weighted by Crippen LogP contribution is -2.04. The van der Waals surface area contributed by atoms with Crippen molar-refractivity contribution in [2.24, 2.45) is 0 Å². The number of hydrogen-bond donors (Lipinski definition) is 1. The summed E-state index contributed by atoms with van der Waals surface area (Å²) in [6, 6.07) is 7.34. The molecule has 0 spiro atoms. The van der Waals surface area contributed by atoms with E-state index in [0.29, 0.717) is 12.0 Å². The summed E-state index contributed by atoms with van der Waals surface area (Å²) in [6.45, 7) is 3.29. The fourth-order valence-electron chi connectivity index (χ4n) is 1.22. The van der Waals surface area contributed by atoms with Gasteiger partial charge in [0.05, 0.1) is 6.10 Å². The fraction of sp³-hybridized carbons (Fsp3) is 0.364. The summed E-state index contributed by atoms with van der Waals surface area (Å²) in [4.78, 5) is 10.9. The molecule has 1 aromatic rings. The van der Waals surface area contributed by atoms with E-state index >= 15 is 0 Å². The van der Waals surface area contributed by atoms with Gasteiger partial charge in [-0.05, 0) is 25.8 Å². The molecule has 0 radical (unpaired) electrons. The molecular weight excluding hydrogens is 164 g/mol. The van der Waals surface area contributed by atoms with Crippen LogP contribution in [0.5, 0.6) is 0 Å². The lowest BCUT2D eigenvalue weighted by atomic mass is 10.1. The Bertz CT molecular complexity index is 285. The number of ketones is 1. The molecule has 0 aliphatic heterocycles. The van der Waals surface area contributed by atoms with E-state index in [9.17, 15) is 4.79 Å². The van der Waals surface area contributed by atoms with Gasteiger partial charge in [0.2, 0.25) is 0 Å². The lowest BCUT2D eigenvalue weighted by Gasteiger charge is -2.04. The van der Waals surface area contributed by atoms with Crippen molar-refractivity contribution >= 4 is 5.78 Å². The molecule has 0 bridgehead atoms. The second kappa shape index (κ2) is 4.19. The van der Waals surface area contributed by atoms with Crippen molar-refractivity contribution in [3.8, 4) is 0 Å². The SMILES string of the molecule is CC(=O)c1ccc(CC(C)O)cc1. The minimum Gasteiger partial charge on any atom is -0.393 e. The summed E-state index contributed by atoms with van der Waals surface area (Å²) in [6.07, 6.45) is 0.307. The van der Waals surface area contributed by atoms with Gasteiger partial charge in [-0.15, -0.1) is 0 Å². The molecule has 0 amide bonds. The normalized spacial score (nSPS) is 12.5. The van der Waals surface area contributed by atoms with E-state index in [4.69, 9.17) is 5.11 Å². The number of hydrogen-bond acceptors (Lipinski definition) is 2. The number of carbonyl (C=O) groups excluding carboxylic acids is 1. The molecule has 2 heteroatoms. The smallest absolute Gasteiger partial charge is 0.159 e. The molecule has 0 aliphatic rings. The number of Topliss-reactive ketones (excluding diaryl/α,β-unsaturated/α-hetero) is 1. The van der Waals surface area contributed by atoms with Crippen LogP contribution in [0.25, 0.3) is 0 Å². The van der Waals surface area contributed by atoms with Gasteiger partial charge in [0.1, 0.15) is 0 Å². The standard InChI is InChI=1S/C11H14O2/c1-8(12)7-10-3-5-11(6-4-10)9(2)13/h3-6,8,12H,7H2,1-2H3. The molecule has 13 heavy (non-hydrogen) atoms. The molecule has 1 rings (SSSR count). The van der Waals surface area contributed by atoms with Crippen LogP contribution in [0.4, 0.5) is 0 Å². The Balaban J connectivity index is 2.75. The molecule has 0 fully saturated rings. The Morgan fingerprint density at radius 2 is 1.92 bits per heavy atom. The highest BCUT2D eigenvalue weighted by atomic mass is 16.3. The van der Waals surface area contributed by atoms with Crippen LogP contribution in [-0.4, -0.2) is 17.0 Å². The Labute approximate surface area is 78.2 Å². The van der Waals surface area contributed by atoms with Crippen molar-refractivity contribution in [1.29, 1.82) is 0 Å². The van der Waals surface area contributed by atoms with Crippen LogP contribution in [0, 0.1) is 0 Å². The predicted octanol–water partition coefficient (Wildman–Crippen LogP) is 1.81. The van der Waals surface area contributed by atoms with Crippen LogP contribution in [0.15, 0.2) is 24.3 Å². The number of carbonyl (C=O) groups is 1. The number of rotatable bonds is 3. The quantitative estimate of drug-likeness (QED) is 0.717. The van der Waals surface area contributed by atoms with Gasteiger partial charge in [-0.25, -0.2) is 0 Å². The first-order valence-corrected chi connectivity index (χ1v) is 4.37. The van der Waals surface area contributed by atoms with E-state index in [-0.39, 0.29) is 11.9 Å². The van der Waals surface area contributed by atoms with E-state index < -0.39 is 0 Å². The maximum absolute atomic E-state index is 10.9. The third-order valence-corrected chi connectivity index (χ3v) is 1.89. The Morgan fingerprint density at radius 1 is 1.38 bits per heavy atom. The minimum atomic E-state index is -0.330. The van der Waals surface area contributed by atoms with Crippen LogP contribution >= 0.6 is 0 Å². The van der Waals surface area contributed by atoms with Crippen molar-refractivity contribution in [1.82, 2.24) is 0 Å². The summed E-state index contributed by atoms with van der Waals surface area (Å²) >= 11 is 0. The summed E-state index contributed by atoms with van der Waals surface area (Å²) in [5.41, 5.74) is 1.77. The third kappa shape index (κ3) is 2.99. The molecule has 0 heterocycles. The van der Waals surface area contributed by atoms with Gasteiger partial charge in [-0.2, -0.15) is 0 Å². The van der Waals surface area contributed by atoms with Crippen LogP contribution in [0.2, 0.25) is 0 Å². The van der Waals surface area contributed by atoms with Gasteiger partial charge in [0.25, 0.3) is 0 Å². The molecule has 0 saturated carbocycles. The van der Waals surface area contributed by atoms with Gasteiger partial charge >= 0.3 is 0 Å². The molecular formula is C11H14O2. The zero-order chi connectivity index (χ0) is 9.84. The second-order valence-corrected chi connectivity index (χ2v) is 3.31. The molecule has 0 aliphatic carbocycles. The van der Waals surface area contributed by atoms with Gasteiger partial charge in [-0.3, -0.25) is 4.79 Å². The molecule has 1 atom stereocenters. The topological polar surface area (TPSA) is 37.3 Å². The van der Waals surface area contributed by atoms with Crippen molar-refractivity contribution in [2.75, 3.05) is 0 Å². The van der Waals surface area contributed by atoms with E-state index in [1.54, 1.807) is 26.0 Å². The Morgan fingerprint density at radius 3 is 2.31 bits per heavy atom. The molecule has 0 saturated heterocycles. The molecule has 70 valence electrons. The van der Waals surface area contributed by atoms with E-state index in [0.717, 1.165) is 5.56 Å². The first-order valence-electron chi connectivity index (χ1n) is 4.37. The van der Waals surface area contributed by atoms with Crippen molar-refractivity contribution in [3.63, 3.8) is 0 Å². The highest BCUT2D eigenvalue weighted by Crippen LogP contribution is 2.07. The summed E-state index contributed by atoms with van der Waals surface area (Å²) in [5.74, 6) is 0.0728. The zero-order valence-electron chi connectivity index (χ0n) is 7.95. The molecule has 1 N–H and O–H groups in total. The number of aliphatic hydroxyl groups is 1. The summed E-state index contributed by atoms with van der Waals surface area (Å²) in [7, 11) is 0. The van der Waals surface area contributed by atoms with E-state index in [2.05, 4.69) is 0 Å². The first-order chi connectivity index (χ1) is 6.09. The van der Waals surface area contributed by atoms with Gasteiger partial charge in [0.15, 0.2) is 5.78 Å². The summed E-state index contributed by atoms with van der Waals surface area (Å²) in [5, 5.41) is 9.12. The fourth-order valence-corrected chi connectivity index (χ4v) is 1.22. The second-order valence-electron chi connectivity index (χ2n) is 3.31. The monoisotopic (exact) mass is 178 g/mol. The average Bonchev–Trinajstić information content (AvgIpc) is 2.04. The Hall–Kier alpha value is -1.15. The number of aliphatic hydroxyl groups excluding tert-OH is 1. The van der Waals surface area contributed by atoms with Crippen LogP contribution in [0.1, 0.15) is 29.8 Å². The lowest BCUT2D eigenvalue weighted by molar-refractivity contribution is 0.101. The van der Waals surface area contributed by atoms with Crippen molar-refractivity contribution < 1.29 is 9.90 Å². The molecule has 1 unspecified atom stereocenters. The third-order valence-electron chi connectivity index (χ3n) is 1.89. The van der Waals surface area contributed by atoms with E-state index in [1.807, 2.05) is 12.1 Å². The zero-order valence-corrected chi connectivity index (χ0v) is 7.95. The molecule has 0 aromatic heterocycles. The van der Waals surface area contributed by atoms with Crippen LogP contribution < -0.4 is 0 Å². The Kier molecular flexibility index (Phi) is 3.20. The van der Waals surface area contributed by atoms with Crippen molar-refractivity contribution in [2.45, 2.75) is 26.4 Å². The van der Waals surface area contributed by atoms with Gasteiger partial charge in [-0.1, -0.05) is 24.3 Å². The molecule has 2 nitrogen and oxygen atoms in total. The van der Waals surface area contributed by atoms with Crippen LogP contribution in [0.3, 0.4) is 0 Å². The van der Waals surface area contributed by atoms with E-state index in [1.165, 1.54) is 0 Å². The average molecular weight is 178 g/mol. The largest absolute Gasteiger partial charge is 0.393 e.